The first-order valence-corrected chi connectivity index (χ1v) is 7.34. The molecule has 0 aromatic heterocycles. The quantitative estimate of drug-likeness (QED) is 0.452. The second-order valence-corrected chi connectivity index (χ2v) is 6.35. The Bertz CT molecular complexity index is 410. The highest BCUT2D eigenvalue weighted by molar-refractivity contribution is 7.85. The van der Waals surface area contributed by atoms with Crippen molar-refractivity contribution < 1.29 is 31.8 Å². The van der Waals surface area contributed by atoms with E-state index in [4.69, 9.17) is 4.74 Å². The van der Waals surface area contributed by atoms with Crippen LogP contribution in [0.25, 0.3) is 0 Å². The van der Waals surface area contributed by atoms with E-state index >= 15 is 0 Å². The van der Waals surface area contributed by atoms with Gasteiger partial charge in [-0.3, -0.25) is 4.18 Å². The van der Waals surface area contributed by atoms with Gasteiger partial charge in [0.1, 0.15) is 5.60 Å². The smallest absolute Gasteiger partial charge is 0.441 e. The Kier molecular flexibility index (Phi) is 6.77. The van der Waals surface area contributed by atoms with Gasteiger partial charge < -0.3 is 9.57 Å². The predicted octanol–water partition coefficient (Wildman–Crippen LogP) is 0.726. The van der Waals surface area contributed by atoms with Crippen molar-refractivity contribution in [1.29, 1.82) is 0 Å². The molecule has 0 saturated carbocycles. The molecular weight excluding hydrogens is 278 g/mol. The van der Waals surface area contributed by atoms with Crippen molar-refractivity contribution >= 4 is 22.2 Å². The van der Waals surface area contributed by atoms with Gasteiger partial charge in [-0.15, -0.1) is 5.48 Å². The Morgan fingerprint density at radius 2 is 1.79 bits per heavy atom. The number of hydroxylamine groups is 1. The summed E-state index contributed by atoms with van der Waals surface area (Å²) in [5, 5.41) is 0. The Balaban J connectivity index is 3.74. The van der Waals surface area contributed by atoms with E-state index in [-0.39, 0.29) is 19.4 Å². The van der Waals surface area contributed by atoms with Crippen molar-refractivity contribution in [2.45, 2.75) is 39.2 Å². The number of amides is 1. The number of carbonyl (C=O) groups is 2. The highest BCUT2D eigenvalue weighted by Gasteiger charge is 2.17. The maximum Gasteiger partial charge on any atom is 0.441 e. The predicted molar refractivity (Wildman–Crippen MR) is 65.5 cm³/mol. The molecule has 19 heavy (non-hydrogen) atoms. The first kappa shape index (κ1) is 17.6. The highest BCUT2D eigenvalue weighted by Crippen LogP contribution is 2.06. The van der Waals surface area contributed by atoms with Gasteiger partial charge in [-0.1, -0.05) is 0 Å². The molecular formula is C10H19NO7S. The molecule has 1 amide bonds. The molecule has 0 aromatic rings. The van der Waals surface area contributed by atoms with Crippen LogP contribution < -0.4 is 5.48 Å². The van der Waals surface area contributed by atoms with Gasteiger partial charge in [0.2, 0.25) is 0 Å². The topological polar surface area (TPSA) is 108 Å². The third kappa shape index (κ3) is 12.9. The van der Waals surface area contributed by atoms with Crippen LogP contribution in [0.2, 0.25) is 0 Å². The lowest BCUT2D eigenvalue weighted by Crippen LogP contribution is -2.34. The molecule has 0 saturated heterocycles. The molecule has 0 aromatic carbocycles. The summed E-state index contributed by atoms with van der Waals surface area (Å²) >= 11 is 0. The summed E-state index contributed by atoms with van der Waals surface area (Å²) in [4.78, 5) is 26.7. The van der Waals surface area contributed by atoms with E-state index in [1.54, 1.807) is 20.8 Å². The molecule has 0 bridgehead atoms. The maximum atomic E-state index is 11.1. The highest BCUT2D eigenvalue weighted by atomic mass is 32.2. The van der Waals surface area contributed by atoms with Crippen molar-refractivity contribution in [2.24, 2.45) is 0 Å². The first-order chi connectivity index (χ1) is 8.49. The number of hydrogen-bond acceptors (Lipinski definition) is 7. The zero-order chi connectivity index (χ0) is 15.1. The first-order valence-electron chi connectivity index (χ1n) is 5.53. The lowest BCUT2D eigenvalue weighted by atomic mass is 10.2. The van der Waals surface area contributed by atoms with Crippen molar-refractivity contribution in [1.82, 2.24) is 5.48 Å². The van der Waals surface area contributed by atoms with Crippen molar-refractivity contribution in [2.75, 3.05) is 12.9 Å². The minimum atomic E-state index is -3.51. The molecule has 0 aliphatic heterocycles. The number of nitrogens with one attached hydrogen (secondary N) is 1. The van der Waals surface area contributed by atoms with E-state index in [1.807, 2.05) is 5.48 Å². The molecule has 112 valence electrons. The van der Waals surface area contributed by atoms with Gasteiger partial charge in [0.25, 0.3) is 10.1 Å². The number of rotatable bonds is 5. The number of ether oxygens (including phenoxy) is 1. The summed E-state index contributed by atoms with van der Waals surface area (Å²) in [7, 11) is -3.51. The Morgan fingerprint density at radius 3 is 2.26 bits per heavy atom. The fraction of sp³-hybridized carbons (Fsp3) is 0.800. The normalized spacial score (nSPS) is 11.8. The van der Waals surface area contributed by atoms with Gasteiger partial charge in [-0.2, -0.15) is 8.42 Å². The van der Waals surface area contributed by atoms with Gasteiger partial charge in [0.15, 0.2) is 0 Å². The zero-order valence-electron chi connectivity index (χ0n) is 11.4. The largest absolute Gasteiger partial charge is 0.442 e. The lowest BCUT2D eigenvalue weighted by Gasteiger charge is -2.19. The summed E-state index contributed by atoms with van der Waals surface area (Å²) in [6.45, 7) is 4.87. The summed E-state index contributed by atoms with van der Waals surface area (Å²) in [6, 6.07) is 0. The minimum Gasteiger partial charge on any atom is -0.442 e. The van der Waals surface area contributed by atoms with Gasteiger partial charge in [-0.25, -0.2) is 9.59 Å². The average molecular weight is 297 g/mol. The van der Waals surface area contributed by atoms with Crippen molar-refractivity contribution in [3.05, 3.63) is 0 Å². The van der Waals surface area contributed by atoms with Crippen LogP contribution in [0, 0.1) is 0 Å². The van der Waals surface area contributed by atoms with E-state index < -0.39 is 27.8 Å². The Hall–Kier alpha value is -1.35. The molecule has 0 atom stereocenters. The Morgan fingerprint density at radius 1 is 1.21 bits per heavy atom. The molecule has 0 heterocycles. The third-order valence-electron chi connectivity index (χ3n) is 1.47. The van der Waals surface area contributed by atoms with Gasteiger partial charge >= 0.3 is 12.1 Å². The van der Waals surface area contributed by atoms with Gasteiger partial charge in [-0.05, 0) is 27.2 Å². The molecule has 9 heteroatoms. The SMILES string of the molecule is CC(C)(C)OC(=O)NOC(=O)CCCOS(C)(=O)=O. The Labute approximate surface area is 112 Å². The standard InChI is InChI=1S/C10H19NO7S/c1-10(2,3)17-9(13)11-18-8(12)6-5-7-16-19(4,14)15/h5-7H2,1-4H3,(H,11,13). The zero-order valence-corrected chi connectivity index (χ0v) is 12.2. The van der Waals surface area contributed by atoms with Crippen LogP contribution in [0.5, 0.6) is 0 Å². The third-order valence-corrected chi connectivity index (χ3v) is 2.06. The van der Waals surface area contributed by atoms with Crippen molar-refractivity contribution in [3.8, 4) is 0 Å². The van der Waals surface area contributed by atoms with E-state index in [9.17, 15) is 18.0 Å². The molecule has 0 radical (unpaired) electrons. The van der Waals surface area contributed by atoms with Crippen LogP contribution in [-0.2, 0) is 28.7 Å². The monoisotopic (exact) mass is 297 g/mol. The van der Waals surface area contributed by atoms with Crippen LogP contribution in [-0.4, -0.2) is 38.9 Å². The summed E-state index contributed by atoms with van der Waals surface area (Å²) < 4.78 is 30.5. The fourth-order valence-electron chi connectivity index (χ4n) is 0.875. The van der Waals surface area contributed by atoms with Crippen LogP contribution in [0.15, 0.2) is 0 Å². The summed E-state index contributed by atoms with van der Waals surface area (Å²) in [5.41, 5.74) is 1.13. The second-order valence-electron chi connectivity index (χ2n) is 4.71. The van der Waals surface area contributed by atoms with Crippen LogP contribution in [0.3, 0.4) is 0 Å². The van der Waals surface area contributed by atoms with Crippen molar-refractivity contribution in [3.63, 3.8) is 0 Å². The van der Waals surface area contributed by atoms with Gasteiger partial charge in [0.05, 0.1) is 19.3 Å². The maximum absolute atomic E-state index is 11.1. The second kappa shape index (κ2) is 7.29. The number of carbonyl (C=O) groups excluding carboxylic acids is 2. The van der Waals surface area contributed by atoms with E-state index in [0.29, 0.717) is 0 Å². The fourth-order valence-corrected chi connectivity index (χ4v) is 1.30. The molecule has 1 N–H and O–H groups in total. The van der Waals surface area contributed by atoms with E-state index in [2.05, 4.69) is 9.02 Å². The molecule has 0 rings (SSSR count). The molecule has 0 aliphatic carbocycles. The molecule has 0 aliphatic rings. The van der Waals surface area contributed by atoms with Crippen LogP contribution >= 0.6 is 0 Å². The molecule has 8 nitrogen and oxygen atoms in total. The molecule has 0 fully saturated rings. The molecule has 0 unspecified atom stereocenters. The molecule has 0 spiro atoms. The lowest BCUT2D eigenvalue weighted by molar-refractivity contribution is -0.150. The van der Waals surface area contributed by atoms with Crippen LogP contribution in [0.4, 0.5) is 4.79 Å². The number of hydrogen-bond donors (Lipinski definition) is 1. The average Bonchev–Trinajstić information content (AvgIpc) is 2.17. The van der Waals surface area contributed by atoms with Crippen LogP contribution in [0.1, 0.15) is 33.6 Å². The van der Waals surface area contributed by atoms with E-state index in [1.165, 1.54) is 0 Å². The minimum absolute atomic E-state index is 0.0919. The van der Waals surface area contributed by atoms with Gasteiger partial charge in [0, 0.05) is 0 Å². The summed E-state index contributed by atoms with van der Waals surface area (Å²) in [5.74, 6) is -0.719. The van der Waals surface area contributed by atoms with E-state index in [0.717, 1.165) is 6.26 Å². The summed E-state index contributed by atoms with van der Waals surface area (Å²) in [6.07, 6.45) is 0.0935.